The Bertz CT molecular complexity index is 564. The molecule has 1 aliphatic rings. The number of benzene rings is 1. The molecule has 0 amide bonds. The van der Waals surface area contributed by atoms with Crippen LogP contribution in [0.5, 0.6) is 11.6 Å². The highest BCUT2D eigenvalue weighted by atomic mass is 16.5. The van der Waals surface area contributed by atoms with Crippen LogP contribution < -0.4 is 10.1 Å². The standard InChI is InChI=1S/C16H19N3O/c1-2-12-4-3-5-15(10-12)20-16-9-8-14(18-19-16)11-17-13-6-7-13/h3-5,8-10,13,17H,2,6-7,11H2,1H3. The number of hydrogen-bond donors (Lipinski definition) is 1. The van der Waals surface area contributed by atoms with Crippen molar-refractivity contribution in [3.8, 4) is 11.6 Å². The Labute approximate surface area is 119 Å². The Hall–Kier alpha value is -1.94. The second kappa shape index (κ2) is 6.01. The molecule has 3 rings (SSSR count). The first-order chi connectivity index (χ1) is 9.83. The highest BCUT2D eigenvalue weighted by molar-refractivity contribution is 5.31. The lowest BCUT2D eigenvalue weighted by molar-refractivity contribution is 0.452. The molecule has 1 fully saturated rings. The fraction of sp³-hybridized carbons (Fsp3) is 0.375. The van der Waals surface area contributed by atoms with Gasteiger partial charge in [-0.15, -0.1) is 5.10 Å². The number of hydrogen-bond acceptors (Lipinski definition) is 4. The fourth-order valence-electron chi connectivity index (χ4n) is 1.98. The molecule has 0 saturated heterocycles. The second-order valence-corrected chi connectivity index (χ2v) is 5.12. The zero-order chi connectivity index (χ0) is 13.8. The summed E-state index contributed by atoms with van der Waals surface area (Å²) < 4.78 is 5.72. The van der Waals surface area contributed by atoms with Crippen molar-refractivity contribution in [2.45, 2.75) is 38.8 Å². The lowest BCUT2D eigenvalue weighted by Crippen LogP contribution is -2.16. The topological polar surface area (TPSA) is 47.0 Å². The summed E-state index contributed by atoms with van der Waals surface area (Å²) >= 11 is 0. The molecule has 0 unspecified atom stereocenters. The van der Waals surface area contributed by atoms with Gasteiger partial charge in [0.15, 0.2) is 0 Å². The van der Waals surface area contributed by atoms with E-state index in [0.29, 0.717) is 11.9 Å². The van der Waals surface area contributed by atoms with Gasteiger partial charge in [-0.25, -0.2) is 0 Å². The van der Waals surface area contributed by atoms with Crippen LogP contribution in [0.25, 0.3) is 0 Å². The Morgan fingerprint density at radius 3 is 2.80 bits per heavy atom. The molecule has 0 atom stereocenters. The number of rotatable bonds is 6. The van der Waals surface area contributed by atoms with E-state index in [1.54, 1.807) is 0 Å². The van der Waals surface area contributed by atoms with Crippen LogP contribution in [0.1, 0.15) is 31.0 Å². The van der Waals surface area contributed by atoms with Crippen LogP contribution in [-0.4, -0.2) is 16.2 Å². The molecule has 20 heavy (non-hydrogen) atoms. The number of aryl methyl sites for hydroxylation is 1. The van der Waals surface area contributed by atoms with E-state index in [-0.39, 0.29) is 0 Å². The van der Waals surface area contributed by atoms with Crippen LogP contribution in [0.2, 0.25) is 0 Å². The highest BCUT2D eigenvalue weighted by Crippen LogP contribution is 2.21. The van der Waals surface area contributed by atoms with Crippen molar-refractivity contribution in [2.24, 2.45) is 0 Å². The molecule has 1 saturated carbocycles. The molecular formula is C16H19N3O. The van der Waals surface area contributed by atoms with Crippen molar-refractivity contribution in [3.05, 3.63) is 47.7 Å². The van der Waals surface area contributed by atoms with Crippen molar-refractivity contribution < 1.29 is 4.74 Å². The Kier molecular flexibility index (Phi) is 3.92. The summed E-state index contributed by atoms with van der Waals surface area (Å²) in [5.41, 5.74) is 2.20. The van der Waals surface area contributed by atoms with Crippen LogP contribution in [-0.2, 0) is 13.0 Å². The number of nitrogens with zero attached hydrogens (tertiary/aromatic N) is 2. The van der Waals surface area contributed by atoms with Gasteiger partial charge in [0.25, 0.3) is 0 Å². The van der Waals surface area contributed by atoms with Gasteiger partial charge in [0.1, 0.15) is 5.75 Å². The van der Waals surface area contributed by atoms with Gasteiger partial charge in [-0.05, 0) is 43.0 Å². The number of ether oxygens (including phenoxy) is 1. The molecule has 0 radical (unpaired) electrons. The van der Waals surface area contributed by atoms with E-state index < -0.39 is 0 Å². The molecule has 1 heterocycles. The first kappa shape index (κ1) is 13.1. The summed E-state index contributed by atoms with van der Waals surface area (Å²) in [7, 11) is 0. The molecule has 4 heteroatoms. The largest absolute Gasteiger partial charge is 0.438 e. The molecule has 0 spiro atoms. The summed E-state index contributed by atoms with van der Waals surface area (Å²) in [6, 6.07) is 12.6. The van der Waals surface area contributed by atoms with Crippen LogP contribution >= 0.6 is 0 Å². The van der Waals surface area contributed by atoms with Gasteiger partial charge in [-0.3, -0.25) is 0 Å². The van der Waals surface area contributed by atoms with E-state index in [1.165, 1.54) is 18.4 Å². The lowest BCUT2D eigenvalue weighted by atomic mass is 10.2. The van der Waals surface area contributed by atoms with Crippen molar-refractivity contribution in [2.75, 3.05) is 0 Å². The molecule has 0 aliphatic heterocycles. The van der Waals surface area contributed by atoms with Gasteiger partial charge in [-0.2, -0.15) is 5.10 Å². The van der Waals surface area contributed by atoms with Crippen LogP contribution in [0.4, 0.5) is 0 Å². The molecule has 1 aromatic heterocycles. The predicted molar refractivity (Wildman–Crippen MR) is 77.8 cm³/mol. The maximum atomic E-state index is 5.72. The predicted octanol–water partition coefficient (Wildman–Crippen LogP) is 3.08. The minimum absolute atomic E-state index is 0.536. The average Bonchev–Trinajstić information content (AvgIpc) is 3.31. The molecule has 2 aromatic rings. The molecule has 1 aliphatic carbocycles. The van der Waals surface area contributed by atoms with Crippen molar-refractivity contribution in [1.82, 2.24) is 15.5 Å². The zero-order valence-electron chi connectivity index (χ0n) is 11.7. The van der Waals surface area contributed by atoms with Crippen LogP contribution in [0, 0.1) is 0 Å². The Morgan fingerprint density at radius 1 is 1.20 bits per heavy atom. The smallest absolute Gasteiger partial charge is 0.238 e. The molecule has 0 bridgehead atoms. The summed E-state index contributed by atoms with van der Waals surface area (Å²) in [6.45, 7) is 2.91. The summed E-state index contributed by atoms with van der Waals surface area (Å²) in [6.07, 6.45) is 3.55. The van der Waals surface area contributed by atoms with E-state index in [4.69, 9.17) is 4.74 Å². The van der Waals surface area contributed by atoms with Gasteiger partial charge in [0, 0.05) is 18.7 Å². The van der Waals surface area contributed by atoms with Crippen LogP contribution in [0.15, 0.2) is 36.4 Å². The second-order valence-electron chi connectivity index (χ2n) is 5.12. The molecule has 4 nitrogen and oxygen atoms in total. The first-order valence-electron chi connectivity index (χ1n) is 7.16. The van der Waals surface area contributed by atoms with E-state index >= 15 is 0 Å². The van der Waals surface area contributed by atoms with Gasteiger partial charge in [0.2, 0.25) is 5.88 Å². The van der Waals surface area contributed by atoms with E-state index in [1.807, 2.05) is 30.3 Å². The van der Waals surface area contributed by atoms with Crippen molar-refractivity contribution >= 4 is 0 Å². The molecule has 104 valence electrons. The van der Waals surface area contributed by atoms with Gasteiger partial charge >= 0.3 is 0 Å². The molecule has 1 aromatic carbocycles. The third kappa shape index (κ3) is 3.54. The minimum Gasteiger partial charge on any atom is -0.438 e. The maximum Gasteiger partial charge on any atom is 0.238 e. The zero-order valence-corrected chi connectivity index (χ0v) is 11.7. The number of aromatic nitrogens is 2. The van der Waals surface area contributed by atoms with E-state index in [9.17, 15) is 0 Å². The van der Waals surface area contributed by atoms with E-state index in [0.717, 1.165) is 24.4 Å². The summed E-state index contributed by atoms with van der Waals surface area (Å²) in [5, 5.41) is 11.7. The first-order valence-corrected chi connectivity index (χ1v) is 7.16. The Morgan fingerprint density at radius 2 is 2.10 bits per heavy atom. The fourth-order valence-corrected chi connectivity index (χ4v) is 1.98. The van der Waals surface area contributed by atoms with Crippen molar-refractivity contribution in [1.29, 1.82) is 0 Å². The maximum absolute atomic E-state index is 5.72. The molecule has 1 N–H and O–H groups in total. The normalized spacial score (nSPS) is 14.2. The van der Waals surface area contributed by atoms with Crippen LogP contribution in [0.3, 0.4) is 0 Å². The molecular weight excluding hydrogens is 250 g/mol. The van der Waals surface area contributed by atoms with Gasteiger partial charge in [-0.1, -0.05) is 19.1 Å². The van der Waals surface area contributed by atoms with Gasteiger partial charge in [0.05, 0.1) is 5.69 Å². The third-order valence-corrected chi connectivity index (χ3v) is 3.37. The lowest BCUT2D eigenvalue weighted by Gasteiger charge is -2.06. The number of nitrogens with one attached hydrogen (secondary N) is 1. The summed E-state index contributed by atoms with van der Waals surface area (Å²) in [4.78, 5) is 0. The Balaban J connectivity index is 1.61. The minimum atomic E-state index is 0.536. The highest BCUT2D eigenvalue weighted by Gasteiger charge is 2.20. The van der Waals surface area contributed by atoms with Crippen molar-refractivity contribution in [3.63, 3.8) is 0 Å². The average molecular weight is 269 g/mol. The SMILES string of the molecule is CCc1cccc(Oc2ccc(CNC3CC3)nn2)c1. The quantitative estimate of drug-likeness (QED) is 0.875. The van der Waals surface area contributed by atoms with Gasteiger partial charge < -0.3 is 10.1 Å². The summed E-state index contributed by atoms with van der Waals surface area (Å²) in [5.74, 6) is 1.34. The van der Waals surface area contributed by atoms with E-state index in [2.05, 4.69) is 28.5 Å². The monoisotopic (exact) mass is 269 g/mol. The third-order valence-electron chi connectivity index (χ3n) is 3.37.